The Morgan fingerprint density at radius 3 is 2.26 bits per heavy atom. The molecule has 0 radical (unpaired) electrons. The number of rotatable bonds is 7. The zero-order valence-corrected chi connectivity index (χ0v) is 19.1. The molecule has 3 rings (SSSR count). The third-order valence-corrected chi connectivity index (χ3v) is 7.47. The molecule has 2 aromatic rings. The molecule has 1 amide bonds. The number of hydrogen-bond donors (Lipinski definition) is 1. The van der Waals surface area contributed by atoms with E-state index in [1.807, 2.05) is 31.2 Å². The van der Waals surface area contributed by atoms with Crippen molar-refractivity contribution in [1.82, 2.24) is 9.62 Å². The number of para-hydroxylation sites is 1. The average Bonchev–Trinajstić information content (AvgIpc) is 3.08. The summed E-state index contributed by atoms with van der Waals surface area (Å²) >= 11 is 0. The van der Waals surface area contributed by atoms with Crippen molar-refractivity contribution in [1.29, 1.82) is 0 Å². The lowest BCUT2D eigenvalue weighted by Crippen LogP contribution is -2.32. The molecule has 1 N–H and O–H groups in total. The van der Waals surface area contributed by atoms with Gasteiger partial charge in [0.15, 0.2) is 0 Å². The molecule has 2 aromatic carbocycles. The maximum Gasteiger partial charge on any atom is 0.255 e. The Balaban J connectivity index is 1.88. The molecule has 168 valence electrons. The Morgan fingerprint density at radius 1 is 0.968 bits per heavy atom. The monoisotopic (exact) mass is 446 g/mol. The lowest BCUT2D eigenvalue weighted by Gasteiger charge is -2.21. The van der Waals surface area contributed by atoms with Gasteiger partial charge in [-0.15, -0.1) is 0 Å². The highest BCUT2D eigenvalue weighted by atomic mass is 32.2. The minimum absolute atomic E-state index is 0.102. The van der Waals surface area contributed by atoms with Gasteiger partial charge in [-0.05, 0) is 44.0 Å². The van der Waals surface area contributed by atoms with E-state index in [4.69, 9.17) is 9.47 Å². The molecule has 0 aromatic heterocycles. The van der Waals surface area contributed by atoms with Crippen molar-refractivity contribution < 1.29 is 22.7 Å². The number of nitrogens with one attached hydrogen (secondary N) is 1. The third-order valence-electron chi connectivity index (χ3n) is 5.57. The first-order valence-corrected chi connectivity index (χ1v) is 11.9. The van der Waals surface area contributed by atoms with E-state index >= 15 is 0 Å². The lowest BCUT2D eigenvalue weighted by molar-refractivity contribution is 0.0936. The van der Waals surface area contributed by atoms with Gasteiger partial charge in [-0.25, -0.2) is 8.42 Å². The van der Waals surface area contributed by atoms with Crippen molar-refractivity contribution in [2.45, 2.75) is 43.5 Å². The zero-order chi connectivity index (χ0) is 22.4. The van der Waals surface area contributed by atoms with E-state index in [1.54, 1.807) is 7.11 Å². The van der Waals surface area contributed by atoms with Gasteiger partial charge < -0.3 is 14.8 Å². The van der Waals surface area contributed by atoms with E-state index in [9.17, 15) is 13.2 Å². The number of ether oxygens (including phenoxy) is 2. The van der Waals surface area contributed by atoms with Crippen LogP contribution in [0.15, 0.2) is 47.4 Å². The van der Waals surface area contributed by atoms with Gasteiger partial charge in [0.05, 0.1) is 30.7 Å². The highest BCUT2D eigenvalue weighted by molar-refractivity contribution is 7.89. The number of amides is 1. The second-order valence-corrected chi connectivity index (χ2v) is 9.56. The Kier molecular flexibility index (Phi) is 7.56. The fourth-order valence-corrected chi connectivity index (χ4v) is 5.38. The predicted octanol–water partition coefficient (Wildman–Crippen LogP) is 3.76. The first-order valence-electron chi connectivity index (χ1n) is 10.5. The van der Waals surface area contributed by atoms with Crippen LogP contribution in [0, 0.1) is 0 Å². The fraction of sp³-hybridized carbons (Fsp3) is 0.435. The number of hydrogen-bond acceptors (Lipinski definition) is 5. The van der Waals surface area contributed by atoms with Gasteiger partial charge in [0.1, 0.15) is 11.5 Å². The smallest absolute Gasteiger partial charge is 0.255 e. The molecule has 1 saturated heterocycles. The van der Waals surface area contributed by atoms with Crippen molar-refractivity contribution in [3.8, 4) is 11.5 Å². The van der Waals surface area contributed by atoms with Gasteiger partial charge in [0, 0.05) is 18.7 Å². The van der Waals surface area contributed by atoms with Gasteiger partial charge in [-0.2, -0.15) is 4.31 Å². The minimum Gasteiger partial charge on any atom is -0.496 e. The predicted molar refractivity (Wildman–Crippen MR) is 119 cm³/mol. The molecule has 0 aliphatic carbocycles. The zero-order valence-electron chi connectivity index (χ0n) is 18.3. The minimum atomic E-state index is -3.68. The summed E-state index contributed by atoms with van der Waals surface area (Å²) in [4.78, 5) is 13.2. The lowest BCUT2D eigenvalue weighted by atomic mass is 10.1. The third kappa shape index (κ3) is 5.19. The number of carbonyl (C=O) groups is 1. The van der Waals surface area contributed by atoms with Crippen LogP contribution in [0.4, 0.5) is 0 Å². The number of methoxy groups -OCH3 is 2. The maximum absolute atomic E-state index is 13.2. The summed E-state index contributed by atoms with van der Waals surface area (Å²) in [7, 11) is -0.646. The summed E-state index contributed by atoms with van der Waals surface area (Å²) in [5, 5.41) is 2.92. The highest BCUT2D eigenvalue weighted by Gasteiger charge is 2.27. The van der Waals surface area contributed by atoms with Crippen LogP contribution in [-0.2, 0) is 10.0 Å². The fourth-order valence-electron chi connectivity index (χ4n) is 3.83. The molecule has 1 unspecified atom stereocenters. The molecule has 31 heavy (non-hydrogen) atoms. The van der Waals surface area contributed by atoms with Crippen molar-refractivity contribution in [3.63, 3.8) is 0 Å². The number of benzene rings is 2. The Hall–Kier alpha value is -2.58. The number of sulfonamides is 1. The second-order valence-electron chi connectivity index (χ2n) is 7.62. The van der Waals surface area contributed by atoms with E-state index < -0.39 is 15.9 Å². The standard InChI is InChI=1S/C23H30N2O5S/c1-17(19-10-6-7-11-21(19)29-2)24-23(26)20-16-18(12-13-22(20)30-3)31(27,28)25-14-8-4-5-9-15-25/h6-7,10-13,16-17H,4-5,8-9,14-15H2,1-3H3,(H,24,26). The molecular formula is C23H30N2O5S. The number of nitrogens with zero attached hydrogens (tertiary/aromatic N) is 1. The summed E-state index contributed by atoms with van der Waals surface area (Å²) in [6, 6.07) is 11.5. The summed E-state index contributed by atoms with van der Waals surface area (Å²) in [6.45, 7) is 2.85. The van der Waals surface area contributed by atoms with Crippen LogP contribution in [0.5, 0.6) is 11.5 Å². The van der Waals surface area contributed by atoms with Gasteiger partial charge in [-0.1, -0.05) is 31.0 Å². The molecule has 1 aliphatic rings. The largest absolute Gasteiger partial charge is 0.496 e. The molecule has 7 nitrogen and oxygen atoms in total. The van der Waals surface area contributed by atoms with Crippen LogP contribution in [0.3, 0.4) is 0 Å². The summed E-state index contributed by atoms with van der Waals surface area (Å²) < 4.78 is 38.6. The maximum atomic E-state index is 13.2. The molecule has 0 bridgehead atoms. The Morgan fingerprint density at radius 2 is 1.61 bits per heavy atom. The molecule has 1 fully saturated rings. The Bertz CT molecular complexity index is 1010. The summed E-state index contributed by atoms with van der Waals surface area (Å²) in [5.74, 6) is 0.572. The highest BCUT2D eigenvalue weighted by Crippen LogP contribution is 2.28. The first-order chi connectivity index (χ1) is 14.9. The van der Waals surface area contributed by atoms with Gasteiger partial charge >= 0.3 is 0 Å². The molecule has 1 atom stereocenters. The van der Waals surface area contributed by atoms with Crippen molar-refractivity contribution in [2.24, 2.45) is 0 Å². The van der Waals surface area contributed by atoms with E-state index in [0.717, 1.165) is 31.2 Å². The summed E-state index contributed by atoms with van der Waals surface area (Å²) in [5.41, 5.74) is 1.01. The molecule has 8 heteroatoms. The second kappa shape index (κ2) is 10.2. The number of carbonyl (C=O) groups excluding carboxylic acids is 1. The van der Waals surface area contributed by atoms with Gasteiger partial charge in [0.25, 0.3) is 5.91 Å². The van der Waals surface area contributed by atoms with Crippen molar-refractivity contribution in [2.75, 3.05) is 27.3 Å². The SMILES string of the molecule is COc1ccc(S(=O)(=O)N2CCCCCC2)cc1C(=O)NC(C)c1ccccc1OC. The van der Waals surface area contributed by atoms with Crippen LogP contribution in [-0.4, -0.2) is 45.9 Å². The van der Waals surface area contributed by atoms with Gasteiger partial charge in [-0.3, -0.25) is 4.79 Å². The van der Waals surface area contributed by atoms with Crippen LogP contribution >= 0.6 is 0 Å². The quantitative estimate of drug-likeness (QED) is 0.700. The molecule has 0 saturated carbocycles. The van der Waals surface area contributed by atoms with Crippen LogP contribution in [0.2, 0.25) is 0 Å². The van der Waals surface area contributed by atoms with Crippen LogP contribution < -0.4 is 14.8 Å². The van der Waals surface area contributed by atoms with Gasteiger partial charge in [0.2, 0.25) is 10.0 Å². The average molecular weight is 447 g/mol. The molecule has 0 spiro atoms. The van der Waals surface area contributed by atoms with E-state index in [2.05, 4.69) is 5.32 Å². The normalized spacial score (nSPS) is 16.2. The van der Waals surface area contributed by atoms with Crippen LogP contribution in [0.1, 0.15) is 54.6 Å². The molecular weight excluding hydrogens is 416 g/mol. The van der Waals surface area contributed by atoms with E-state index in [1.165, 1.54) is 29.6 Å². The molecule has 1 heterocycles. The van der Waals surface area contributed by atoms with E-state index in [-0.39, 0.29) is 16.5 Å². The summed E-state index contributed by atoms with van der Waals surface area (Å²) in [6.07, 6.45) is 3.75. The Labute approximate surface area is 184 Å². The van der Waals surface area contributed by atoms with Crippen LogP contribution in [0.25, 0.3) is 0 Å². The van der Waals surface area contributed by atoms with Crippen molar-refractivity contribution in [3.05, 3.63) is 53.6 Å². The topological polar surface area (TPSA) is 84.9 Å². The molecule has 1 aliphatic heterocycles. The van der Waals surface area contributed by atoms with E-state index in [0.29, 0.717) is 24.6 Å². The van der Waals surface area contributed by atoms with Crippen molar-refractivity contribution >= 4 is 15.9 Å². The first kappa shape index (κ1) is 23.1.